The number of carbonyl (C=O) groups is 2. The van der Waals surface area contributed by atoms with Crippen LogP contribution < -0.4 is 4.74 Å². The maximum absolute atomic E-state index is 12.7. The highest BCUT2D eigenvalue weighted by atomic mass is 16.5. The van der Waals surface area contributed by atoms with E-state index in [0.717, 1.165) is 68.9 Å². The van der Waals surface area contributed by atoms with Crippen molar-refractivity contribution in [3.05, 3.63) is 35.4 Å². The molecule has 0 radical (unpaired) electrons. The van der Waals surface area contributed by atoms with E-state index in [-0.39, 0.29) is 11.8 Å². The summed E-state index contributed by atoms with van der Waals surface area (Å²) in [4.78, 5) is 31.0. The van der Waals surface area contributed by atoms with E-state index >= 15 is 0 Å². The lowest BCUT2D eigenvalue weighted by Gasteiger charge is -2.23. The van der Waals surface area contributed by atoms with Crippen LogP contribution in [-0.2, 0) is 9.59 Å². The van der Waals surface area contributed by atoms with Crippen LogP contribution in [0.15, 0.2) is 24.3 Å². The number of methoxy groups -OCH3 is 1. The molecule has 0 N–H and O–H groups in total. The molecule has 0 aromatic heterocycles. The number of likely N-dealkylation sites (tertiary alicyclic amines) is 1. The van der Waals surface area contributed by atoms with Gasteiger partial charge in [-0.3, -0.25) is 14.5 Å². The summed E-state index contributed by atoms with van der Waals surface area (Å²) in [6.45, 7) is 7.26. The van der Waals surface area contributed by atoms with Gasteiger partial charge in [0.15, 0.2) is 0 Å². The van der Waals surface area contributed by atoms with Gasteiger partial charge < -0.3 is 14.5 Å². The summed E-state index contributed by atoms with van der Waals surface area (Å²) in [6.07, 6.45) is 6.58. The maximum atomic E-state index is 12.7. The number of amides is 2. The Morgan fingerprint density at radius 3 is 2.50 bits per heavy atom. The molecule has 2 amide bonds. The van der Waals surface area contributed by atoms with Crippen molar-refractivity contribution in [2.45, 2.75) is 26.2 Å². The minimum atomic E-state index is 0.0104. The third-order valence-corrected chi connectivity index (χ3v) is 5.51. The number of aryl methyl sites for hydroxylation is 1. The van der Waals surface area contributed by atoms with Gasteiger partial charge in [-0.1, -0.05) is 11.6 Å². The smallest absolute Gasteiger partial charge is 0.246 e. The van der Waals surface area contributed by atoms with Gasteiger partial charge in [0.2, 0.25) is 11.8 Å². The summed E-state index contributed by atoms with van der Waals surface area (Å²) in [5.74, 6) is 0.997. The Morgan fingerprint density at radius 1 is 1.00 bits per heavy atom. The fourth-order valence-corrected chi connectivity index (χ4v) is 3.86. The average molecular weight is 386 g/mol. The SMILES string of the molecule is COc1ccc(C)cc1C=CC(=O)N1CCCN(CC(=O)N2CCCC2)CC1. The zero-order valence-electron chi connectivity index (χ0n) is 17.0. The first-order valence-electron chi connectivity index (χ1n) is 10.2. The summed E-state index contributed by atoms with van der Waals surface area (Å²) in [5, 5.41) is 0. The molecule has 6 heteroatoms. The molecule has 2 saturated heterocycles. The lowest BCUT2D eigenvalue weighted by molar-refractivity contribution is -0.131. The van der Waals surface area contributed by atoms with Crippen molar-refractivity contribution in [1.82, 2.24) is 14.7 Å². The highest BCUT2D eigenvalue weighted by Gasteiger charge is 2.23. The van der Waals surface area contributed by atoms with Gasteiger partial charge >= 0.3 is 0 Å². The van der Waals surface area contributed by atoms with Crippen LogP contribution in [0.2, 0.25) is 0 Å². The molecule has 1 aromatic rings. The Labute approximate surface area is 167 Å². The summed E-state index contributed by atoms with van der Waals surface area (Å²) in [7, 11) is 1.64. The first-order chi connectivity index (χ1) is 13.6. The van der Waals surface area contributed by atoms with Crippen LogP contribution in [0.4, 0.5) is 0 Å². The molecule has 0 unspecified atom stereocenters. The monoisotopic (exact) mass is 385 g/mol. The predicted octanol–water partition coefficient (Wildman–Crippen LogP) is 2.17. The van der Waals surface area contributed by atoms with Crippen molar-refractivity contribution in [3.8, 4) is 5.75 Å². The number of hydrogen-bond donors (Lipinski definition) is 0. The molecule has 2 heterocycles. The molecule has 2 fully saturated rings. The molecule has 0 atom stereocenters. The van der Waals surface area contributed by atoms with Gasteiger partial charge in [-0.15, -0.1) is 0 Å². The number of carbonyl (C=O) groups excluding carboxylic acids is 2. The minimum Gasteiger partial charge on any atom is -0.496 e. The Kier molecular flexibility index (Phi) is 7.09. The zero-order valence-corrected chi connectivity index (χ0v) is 17.0. The molecule has 0 saturated carbocycles. The Hall–Kier alpha value is -2.34. The molecule has 2 aliphatic rings. The quantitative estimate of drug-likeness (QED) is 0.729. The van der Waals surface area contributed by atoms with Crippen LogP contribution >= 0.6 is 0 Å². The van der Waals surface area contributed by atoms with Gasteiger partial charge in [-0.25, -0.2) is 0 Å². The normalized spacial score (nSPS) is 18.5. The van der Waals surface area contributed by atoms with Gasteiger partial charge in [-0.2, -0.15) is 0 Å². The second kappa shape index (κ2) is 9.73. The van der Waals surface area contributed by atoms with Crippen molar-refractivity contribution >= 4 is 17.9 Å². The fraction of sp³-hybridized carbons (Fsp3) is 0.545. The Morgan fingerprint density at radius 2 is 1.75 bits per heavy atom. The maximum Gasteiger partial charge on any atom is 0.246 e. The number of benzene rings is 1. The lowest BCUT2D eigenvalue weighted by Crippen LogP contribution is -2.41. The topological polar surface area (TPSA) is 53.1 Å². The largest absolute Gasteiger partial charge is 0.496 e. The van der Waals surface area contributed by atoms with E-state index in [2.05, 4.69) is 4.90 Å². The second-order valence-electron chi connectivity index (χ2n) is 7.62. The molecule has 0 bridgehead atoms. The van der Waals surface area contributed by atoms with Crippen molar-refractivity contribution in [2.75, 3.05) is 52.9 Å². The average Bonchev–Trinajstić information content (AvgIpc) is 3.14. The van der Waals surface area contributed by atoms with E-state index in [1.165, 1.54) is 0 Å². The first-order valence-corrected chi connectivity index (χ1v) is 10.2. The summed E-state index contributed by atoms with van der Waals surface area (Å²) in [6, 6.07) is 5.92. The number of rotatable bonds is 5. The molecular formula is C22H31N3O3. The van der Waals surface area contributed by atoms with E-state index in [9.17, 15) is 9.59 Å². The van der Waals surface area contributed by atoms with E-state index in [0.29, 0.717) is 13.1 Å². The molecule has 0 aliphatic carbocycles. The zero-order chi connectivity index (χ0) is 19.9. The molecular weight excluding hydrogens is 354 g/mol. The lowest BCUT2D eigenvalue weighted by atomic mass is 10.1. The molecule has 152 valence electrons. The van der Waals surface area contributed by atoms with Crippen molar-refractivity contribution in [1.29, 1.82) is 0 Å². The van der Waals surface area contributed by atoms with E-state index in [4.69, 9.17) is 4.74 Å². The van der Waals surface area contributed by atoms with E-state index < -0.39 is 0 Å². The van der Waals surface area contributed by atoms with E-state index in [1.54, 1.807) is 13.2 Å². The van der Waals surface area contributed by atoms with Crippen molar-refractivity contribution in [3.63, 3.8) is 0 Å². The van der Waals surface area contributed by atoms with Crippen LogP contribution in [0.1, 0.15) is 30.4 Å². The second-order valence-corrected chi connectivity index (χ2v) is 7.62. The molecule has 28 heavy (non-hydrogen) atoms. The third-order valence-electron chi connectivity index (χ3n) is 5.51. The fourth-order valence-electron chi connectivity index (χ4n) is 3.86. The standard InChI is InChI=1S/C22H31N3O3/c1-18-6-8-20(28-2)19(16-18)7-9-21(26)25-13-5-10-23(14-15-25)17-22(27)24-11-3-4-12-24/h6-9,16H,3-5,10-15,17H2,1-2H3. The molecule has 6 nitrogen and oxygen atoms in total. The Bertz CT molecular complexity index is 726. The minimum absolute atomic E-state index is 0.0104. The molecule has 2 aliphatic heterocycles. The summed E-state index contributed by atoms with van der Waals surface area (Å²) >= 11 is 0. The number of hydrogen-bond acceptors (Lipinski definition) is 4. The summed E-state index contributed by atoms with van der Waals surface area (Å²) < 4.78 is 5.37. The molecule has 1 aromatic carbocycles. The molecule has 3 rings (SSSR count). The van der Waals surface area contributed by atoms with Crippen molar-refractivity contribution < 1.29 is 14.3 Å². The van der Waals surface area contributed by atoms with Gasteiger partial charge in [0.25, 0.3) is 0 Å². The molecule has 0 spiro atoms. The highest BCUT2D eigenvalue weighted by Crippen LogP contribution is 2.21. The van der Waals surface area contributed by atoms with Crippen LogP contribution in [0, 0.1) is 6.92 Å². The highest BCUT2D eigenvalue weighted by molar-refractivity contribution is 5.92. The third kappa shape index (κ3) is 5.35. The number of ether oxygens (including phenoxy) is 1. The summed E-state index contributed by atoms with van der Waals surface area (Å²) in [5.41, 5.74) is 2.03. The van der Waals surface area contributed by atoms with E-state index in [1.807, 2.05) is 41.0 Å². The van der Waals surface area contributed by atoms with Gasteiger partial charge in [0.1, 0.15) is 5.75 Å². The van der Waals surface area contributed by atoms with Crippen LogP contribution in [0.5, 0.6) is 5.75 Å². The Balaban J connectivity index is 1.54. The van der Waals surface area contributed by atoms with Crippen LogP contribution in [-0.4, -0.2) is 79.4 Å². The van der Waals surface area contributed by atoms with Crippen molar-refractivity contribution in [2.24, 2.45) is 0 Å². The van der Waals surface area contributed by atoms with Crippen LogP contribution in [0.25, 0.3) is 6.08 Å². The predicted molar refractivity (Wildman–Crippen MR) is 110 cm³/mol. The van der Waals surface area contributed by atoms with Gasteiger partial charge in [0.05, 0.1) is 13.7 Å². The van der Waals surface area contributed by atoms with Gasteiger partial charge in [0, 0.05) is 50.9 Å². The first kappa shape index (κ1) is 20.4. The van der Waals surface area contributed by atoms with Crippen LogP contribution in [0.3, 0.4) is 0 Å². The number of nitrogens with zero attached hydrogens (tertiary/aromatic N) is 3. The van der Waals surface area contributed by atoms with Gasteiger partial charge in [-0.05, 0) is 44.4 Å².